The Labute approximate surface area is 249 Å². The lowest BCUT2D eigenvalue weighted by Gasteiger charge is -2.41. The number of alkyl halides is 6. The standard InChI is InChI=1S/C14H13F4N3.C14H17F4N3.ClH/c1-19-13-6-12(11(15)7-20-13)21-9-2-3-10(21)5-8(4-9)14(16,17)18;15-12-7-20-9(6-19)5-13(12)21-10-1-2-11(21)4-8(3-10)14(16,17)18;/h6-10H,2-5H2;5,7-8,10-11H,1-4,6,19H2;1H. The molecule has 2 N–H and O–H groups in total. The van der Waals surface area contributed by atoms with Crippen molar-refractivity contribution >= 4 is 29.6 Å². The van der Waals surface area contributed by atoms with E-state index >= 15 is 0 Å². The van der Waals surface area contributed by atoms with E-state index in [0.29, 0.717) is 37.1 Å². The fourth-order valence-corrected chi connectivity index (χ4v) is 7.13. The highest BCUT2D eigenvalue weighted by Gasteiger charge is 2.52. The number of nitrogens with two attached hydrogens (primary N) is 1. The van der Waals surface area contributed by atoms with Gasteiger partial charge in [0.05, 0.1) is 35.1 Å². The highest BCUT2D eigenvalue weighted by Crippen LogP contribution is 2.48. The van der Waals surface area contributed by atoms with Crippen molar-refractivity contribution in [3.8, 4) is 0 Å². The second-order valence-corrected chi connectivity index (χ2v) is 11.4. The van der Waals surface area contributed by atoms with Crippen molar-refractivity contribution in [1.82, 2.24) is 9.97 Å². The number of piperidine rings is 2. The molecule has 4 aliphatic rings. The van der Waals surface area contributed by atoms with Crippen LogP contribution >= 0.6 is 12.4 Å². The number of aromatic nitrogens is 2. The van der Waals surface area contributed by atoms with Crippen molar-refractivity contribution in [1.29, 1.82) is 0 Å². The summed E-state index contributed by atoms with van der Waals surface area (Å²) in [5, 5.41) is 0. The Balaban J connectivity index is 0.000000192. The summed E-state index contributed by atoms with van der Waals surface area (Å²) in [6, 6.07) is 1.77. The number of fused-ring (bicyclic) bond motifs is 4. The summed E-state index contributed by atoms with van der Waals surface area (Å²) < 4.78 is 105. The van der Waals surface area contributed by atoms with Gasteiger partial charge in [-0.15, -0.1) is 17.4 Å². The number of anilines is 2. The molecule has 0 aromatic carbocycles. The van der Waals surface area contributed by atoms with Crippen molar-refractivity contribution in [2.45, 2.75) is 94.4 Å². The first-order valence-corrected chi connectivity index (χ1v) is 13.9. The third-order valence-electron chi connectivity index (χ3n) is 8.98. The first kappa shape index (κ1) is 33.0. The van der Waals surface area contributed by atoms with Gasteiger partial charge in [-0.2, -0.15) is 26.3 Å². The number of nitrogens with zero attached hydrogens (tertiary/aromatic N) is 5. The third kappa shape index (κ3) is 6.77. The van der Waals surface area contributed by atoms with E-state index in [1.165, 1.54) is 6.07 Å². The molecule has 2 aromatic rings. The molecule has 4 aliphatic heterocycles. The zero-order chi connectivity index (χ0) is 30.4. The topological polar surface area (TPSA) is 62.6 Å². The van der Waals surface area contributed by atoms with Crippen LogP contribution in [0, 0.1) is 30.0 Å². The van der Waals surface area contributed by atoms with Crippen LogP contribution in [0.15, 0.2) is 24.5 Å². The summed E-state index contributed by atoms with van der Waals surface area (Å²) in [6.45, 7) is 7.11. The number of pyridine rings is 2. The summed E-state index contributed by atoms with van der Waals surface area (Å²) in [5.41, 5.74) is 6.61. The Bertz CT molecular complexity index is 1300. The van der Waals surface area contributed by atoms with Gasteiger partial charge in [-0.05, 0) is 63.5 Å². The van der Waals surface area contributed by atoms with Crippen LogP contribution in [0.1, 0.15) is 57.1 Å². The third-order valence-corrected chi connectivity index (χ3v) is 8.98. The Morgan fingerprint density at radius 1 is 0.744 bits per heavy atom. The van der Waals surface area contributed by atoms with Crippen LogP contribution in [-0.2, 0) is 6.54 Å². The highest BCUT2D eigenvalue weighted by molar-refractivity contribution is 5.85. The van der Waals surface area contributed by atoms with Crippen molar-refractivity contribution in [2.24, 2.45) is 17.6 Å². The van der Waals surface area contributed by atoms with E-state index in [4.69, 9.17) is 12.3 Å². The van der Waals surface area contributed by atoms with Crippen LogP contribution in [0.4, 0.5) is 52.3 Å². The van der Waals surface area contributed by atoms with Gasteiger partial charge in [0.25, 0.3) is 5.82 Å². The minimum absolute atomic E-state index is 0. The summed E-state index contributed by atoms with van der Waals surface area (Å²) in [7, 11) is 0. The molecule has 6 nitrogen and oxygen atoms in total. The second kappa shape index (κ2) is 12.6. The molecule has 6 rings (SSSR count). The van der Waals surface area contributed by atoms with Gasteiger partial charge in [-0.3, -0.25) is 4.98 Å². The molecular formula is C28H31ClF8N6. The van der Waals surface area contributed by atoms with Crippen molar-refractivity contribution < 1.29 is 35.1 Å². The number of halogens is 9. The average Bonchev–Trinajstić information content (AvgIpc) is 3.33. The molecule has 4 fully saturated rings. The lowest BCUT2D eigenvalue weighted by Crippen LogP contribution is -2.47. The van der Waals surface area contributed by atoms with Crippen molar-refractivity contribution in [3.05, 3.63) is 53.3 Å². The predicted octanol–water partition coefficient (Wildman–Crippen LogP) is 7.49. The number of hydrogen-bond donors (Lipinski definition) is 1. The van der Waals surface area contributed by atoms with E-state index in [1.807, 2.05) is 4.90 Å². The van der Waals surface area contributed by atoms with E-state index < -0.39 is 35.8 Å². The van der Waals surface area contributed by atoms with E-state index in [0.717, 1.165) is 12.4 Å². The molecular weight excluding hydrogens is 608 g/mol. The van der Waals surface area contributed by atoms with Gasteiger partial charge in [-0.1, -0.05) is 6.57 Å². The maximum atomic E-state index is 14.0. The van der Waals surface area contributed by atoms with Crippen LogP contribution in [-0.4, -0.2) is 46.5 Å². The van der Waals surface area contributed by atoms with Crippen LogP contribution in [0.3, 0.4) is 0 Å². The highest BCUT2D eigenvalue weighted by atomic mass is 35.5. The predicted molar refractivity (Wildman–Crippen MR) is 146 cm³/mol. The minimum atomic E-state index is -4.19. The second-order valence-electron chi connectivity index (χ2n) is 11.4. The number of hydrogen-bond acceptors (Lipinski definition) is 5. The maximum Gasteiger partial charge on any atom is 0.391 e. The van der Waals surface area contributed by atoms with Crippen LogP contribution in [0.2, 0.25) is 0 Å². The Morgan fingerprint density at radius 3 is 1.51 bits per heavy atom. The normalized spacial score (nSPS) is 28.1. The molecule has 236 valence electrons. The van der Waals surface area contributed by atoms with E-state index in [9.17, 15) is 35.1 Å². The average molecular weight is 639 g/mol. The smallest absolute Gasteiger partial charge is 0.364 e. The molecule has 6 heterocycles. The summed E-state index contributed by atoms with van der Waals surface area (Å²) in [5.74, 6) is -3.59. The van der Waals surface area contributed by atoms with E-state index in [2.05, 4.69) is 14.8 Å². The van der Waals surface area contributed by atoms with Crippen LogP contribution in [0.5, 0.6) is 0 Å². The van der Waals surface area contributed by atoms with Crippen LogP contribution in [0.25, 0.3) is 4.85 Å². The van der Waals surface area contributed by atoms with Gasteiger partial charge in [0, 0.05) is 30.7 Å². The van der Waals surface area contributed by atoms with Gasteiger partial charge in [0.15, 0.2) is 17.8 Å². The van der Waals surface area contributed by atoms with Gasteiger partial charge in [0.1, 0.15) is 0 Å². The number of rotatable bonds is 3. The van der Waals surface area contributed by atoms with Crippen molar-refractivity contribution in [3.63, 3.8) is 0 Å². The molecule has 4 atom stereocenters. The van der Waals surface area contributed by atoms with E-state index in [1.54, 1.807) is 11.0 Å². The SMILES string of the molecule is Cl.NCc1cc(N2C3CCC2CC(C(F)(F)F)C3)c(F)cn1.[C-]#[N+]c1cc(N2C3CCC2CC(C(F)(F)F)C3)c(F)cn1. The quantitative estimate of drug-likeness (QED) is 0.279. The molecule has 0 saturated carbocycles. The van der Waals surface area contributed by atoms with Gasteiger partial charge >= 0.3 is 12.4 Å². The minimum Gasteiger partial charge on any atom is -0.364 e. The van der Waals surface area contributed by atoms with Gasteiger partial charge in [-0.25, -0.2) is 8.78 Å². The first-order chi connectivity index (χ1) is 19.8. The van der Waals surface area contributed by atoms with Crippen LogP contribution < -0.4 is 15.5 Å². The lowest BCUT2D eigenvalue weighted by atomic mass is 9.89. The fourth-order valence-electron chi connectivity index (χ4n) is 7.13. The Morgan fingerprint density at radius 2 is 1.14 bits per heavy atom. The molecule has 43 heavy (non-hydrogen) atoms. The van der Waals surface area contributed by atoms with Crippen molar-refractivity contribution in [2.75, 3.05) is 9.80 Å². The van der Waals surface area contributed by atoms with Gasteiger partial charge in [0.2, 0.25) is 0 Å². The molecule has 2 aromatic heterocycles. The summed E-state index contributed by atoms with van der Waals surface area (Å²) in [6.07, 6.45) is -3.58. The molecule has 15 heteroatoms. The molecule has 0 aliphatic carbocycles. The summed E-state index contributed by atoms with van der Waals surface area (Å²) >= 11 is 0. The molecule has 4 unspecified atom stereocenters. The fraction of sp³-hybridized carbons (Fsp3) is 0.607. The molecule has 4 saturated heterocycles. The molecule has 0 radical (unpaired) electrons. The summed E-state index contributed by atoms with van der Waals surface area (Å²) in [4.78, 5) is 14.2. The van der Waals surface area contributed by atoms with Gasteiger partial charge < -0.3 is 20.4 Å². The Hall–Kier alpha value is -2.92. The lowest BCUT2D eigenvalue weighted by molar-refractivity contribution is -0.182. The largest absolute Gasteiger partial charge is 0.391 e. The Kier molecular flexibility index (Phi) is 9.66. The zero-order valence-electron chi connectivity index (χ0n) is 22.9. The molecule has 4 bridgehead atoms. The molecule has 0 amide bonds. The molecule has 0 spiro atoms. The van der Waals surface area contributed by atoms with E-state index in [-0.39, 0.29) is 80.3 Å². The monoisotopic (exact) mass is 638 g/mol. The first-order valence-electron chi connectivity index (χ1n) is 13.9. The maximum absolute atomic E-state index is 14.0. The zero-order valence-corrected chi connectivity index (χ0v) is 23.7.